The SMILES string of the molecule is CC1CC=CC(C2C=CCCCC2)CC1C. The molecule has 2 aliphatic carbocycles. The maximum atomic E-state index is 2.51. The summed E-state index contributed by atoms with van der Waals surface area (Å²) in [5, 5.41) is 0. The summed E-state index contributed by atoms with van der Waals surface area (Å²) in [6.45, 7) is 4.84. The first-order valence-electron chi connectivity index (χ1n) is 7.10. The van der Waals surface area contributed by atoms with Crippen LogP contribution >= 0.6 is 0 Å². The lowest BCUT2D eigenvalue weighted by atomic mass is 9.80. The fourth-order valence-electron chi connectivity index (χ4n) is 3.12. The van der Waals surface area contributed by atoms with Crippen molar-refractivity contribution in [3.8, 4) is 0 Å². The van der Waals surface area contributed by atoms with E-state index in [-0.39, 0.29) is 0 Å². The molecule has 2 rings (SSSR count). The summed E-state index contributed by atoms with van der Waals surface area (Å²) < 4.78 is 0. The maximum absolute atomic E-state index is 2.51. The molecule has 0 fully saturated rings. The first kappa shape index (κ1) is 12.0. The highest BCUT2D eigenvalue weighted by Crippen LogP contribution is 2.35. The fraction of sp³-hybridized carbons (Fsp3) is 0.750. The molecule has 0 aromatic carbocycles. The highest BCUT2D eigenvalue weighted by atomic mass is 14.3. The molecule has 0 bridgehead atoms. The minimum Gasteiger partial charge on any atom is -0.0882 e. The van der Waals surface area contributed by atoms with Gasteiger partial charge in [-0.05, 0) is 55.8 Å². The second-order valence-electron chi connectivity index (χ2n) is 5.89. The normalized spacial score (nSPS) is 40.4. The van der Waals surface area contributed by atoms with E-state index < -0.39 is 0 Å². The molecule has 0 N–H and O–H groups in total. The lowest BCUT2D eigenvalue weighted by molar-refractivity contribution is 0.302. The van der Waals surface area contributed by atoms with Gasteiger partial charge in [0.1, 0.15) is 0 Å². The lowest BCUT2D eigenvalue weighted by Crippen LogP contribution is -2.15. The molecule has 16 heavy (non-hydrogen) atoms. The van der Waals surface area contributed by atoms with Crippen LogP contribution in [0.1, 0.15) is 52.4 Å². The smallest absolute Gasteiger partial charge is 0.0168 e. The van der Waals surface area contributed by atoms with Gasteiger partial charge in [0.15, 0.2) is 0 Å². The Morgan fingerprint density at radius 2 is 1.69 bits per heavy atom. The Labute approximate surface area is 101 Å². The van der Waals surface area contributed by atoms with Crippen LogP contribution in [0.4, 0.5) is 0 Å². The van der Waals surface area contributed by atoms with Gasteiger partial charge in [-0.15, -0.1) is 0 Å². The zero-order valence-corrected chi connectivity index (χ0v) is 10.9. The Bertz CT molecular complexity index is 261. The largest absolute Gasteiger partial charge is 0.0882 e. The molecule has 0 heteroatoms. The number of hydrogen-bond acceptors (Lipinski definition) is 0. The van der Waals surface area contributed by atoms with Crippen LogP contribution in [0, 0.1) is 23.7 Å². The standard InChI is InChI=1S/C16H26/c1-13-8-7-11-16(12-14(13)2)15-9-5-3-4-6-10-15/h5,7,9,11,13-16H,3-4,6,8,10,12H2,1-2H3. The van der Waals surface area contributed by atoms with Crippen LogP contribution in [0.25, 0.3) is 0 Å². The van der Waals surface area contributed by atoms with Gasteiger partial charge in [-0.3, -0.25) is 0 Å². The third-order valence-corrected chi connectivity index (χ3v) is 4.60. The van der Waals surface area contributed by atoms with Gasteiger partial charge in [0.2, 0.25) is 0 Å². The van der Waals surface area contributed by atoms with Gasteiger partial charge >= 0.3 is 0 Å². The number of allylic oxidation sites excluding steroid dienone is 4. The van der Waals surface area contributed by atoms with Gasteiger partial charge in [-0.1, -0.05) is 44.6 Å². The van der Waals surface area contributed by atoms with E-state index in [9.17, 15) is 0 Å². The van der Waals surface area contributed by atoms with Crippen molar-refractivity contribution in [2.75, 3.05) is 0 Å². The molecule has 2 aliphatic rings. The average molecular weight is 218 g/mol. The summed E-state index contributed by atoms with van der Waals surface area (Å²) in [5.74, 6) is 3.40. The van der Waals surface area contributed by atoms with Crippen molar-refractivity contribution >= 4 is 0 Å². The molecule has 0 radical (unpaired) electrons. The van der Waals surface area contributed by atoms with Crippen LogP contribution in [0.2, 0.25) is 0 Å². The monoisotopic (exact) mass is 218 g/mol. The average Bonchev–Trinajstić information content (AvgIpc) is 2.62. The Balaban J connectivity index is 2.02. The van der Waals surface area contributed by atoms with Crippen molar-refractivity contribution in [2.24, 2.45) is 23.7 Å². The minimum atomic E-state index is 0.814. The predicted molar refractivity (Wildman–Crippen MR) is 71.3 cm³/mol. The second kappa shape index (κ2) is 5.70. The quantitative estimate of drug-likeness (QED) is 0.545. The van der Waals surface area contributed by atoms with Crippen LogP contribution in [-0.4, -0.2) is 0 Å². The van der Waals surface area contributed by atoms with Gasteiger partial charge < -0.3 is 0 Å². The van der Waals surface area contributed by atoms with E-state index in [4.69, 9.17) is 0 Å². The van der Waals surface area contributed by atoms with Crippen molar-refractivity contribution in [2.45, 2.75) is 52.4 Å². The summed E-state index contributed by atoms with van der Waals surface area (Å²) in [5.41, 5.74) is 0. The Morgan fingerprint density at radius 1 is 0.875 bits per heavy atom. The van der Waals surface area contributed by atoms with E-state index in [1.165, 1.54) is 38.5 Å². The van der Waals surface area contributed by atoms with Crippen molar-refractivity contribution in [1.82, 2.24) is 0 Å². The van der Waals surface area contributed by atoms with E-state index in [2.05, 4.69) is 38.2 Å². The zero-order valence-electron chi connectivity index (χ0n) is 10.9. The van der Waals surface area contributed by atoms with Crippen molar-refractivity contribution in [3.05, 3.63) is 24.3 Å². The van der Waals surface area contributed by atoms with Crippen LogP contribution in [-0.2, 0) is 0 Å². The summed E-state index contributed by atoms with van der Waals surface area (Å²) in [7, 11) is 0. The Hall–Kier alpha value is -0.520. The van der Waals surface area contributed by atoms with Gasteiger partial charge in [-0.2, -0.15) is 0 Å². The Kier molecular flexibility index (Phi) is 4.26. The van der Waals surface area contributed by atoms with Crippen molar-refractivity contribution in [1.29, 1.82) is 0 Å². The first-order chi connectivity index (χ1) is 7.77. The molecule has 4 unspecified atom stereocenters. The van der Waals surface area contributed by atoms with Crippen molar-refractivity contribution in [3.63, 3.8) is 0 Å². The highest BCUT2D eigenvalue weighted by Gasteiger charge is 2.24. The molecule has 4 atom stereocenters. The molecule has 0 amide bonds. The fourth-order valence-corrected chi connectivity index (χ4v) is 3.12. The maximum Gasteiger partial charge on any atom is -0.0168 e. The molecular formula is C16H26. The van der Waals surface area contributed by atoms with Crippen LogP contribution in [0.15, 0.2) is 24.3 Å². The molecule has 0 spiro atoms. The summed E-state index contributed by atoms with van der Waals surface area (Å²) in [6.07, 6.45) is 18.1. The molecule has 0 saturated heterocycles. The van der Waals surface area contributed by atoms with E-state index in [0.717, 1.165) is 23.7 Å². The van der Waals surface area contributed by atoms with Crippen LogP contribution < -0.4 is 0 Å². The zero-order chi connectivity index (χ0) is 11.4. The molecule has 0 nitrogen and oxygen atoms in total. The summed E-state index contributed by atoms with van der Waals surface area (Å²) >= 11 is 0. The van der Waals surface area contributed by atoms with Gasteiger partial charge in [-0.25, -0.2) is 0 Å². The van der Waals surface area contributed by atoms with Gasteiger partial charge in [0, 0.05) is 0 Å². The molecule has 0 heterocycles. The van der Waals surface area contributed by atoms with E-state index in [0.29, 0.717) is 0 Å². The van der Waals surface area contributed by atoms with Crippen molar-refractivity contribution < 1.29 is 0 Å². The predicted octanol–water partition coefficient (Wildman–Crippen LogP) is 4.97. The molecule has 90 valence electrons. The number of rotatable bonds is 1. The third-order valence-electron chi connectivity index (χ3n) is 4.60. The van der Waals surface area contributed by atoms with Crippen LogP contribution in [0.3, 0.4) is 0 Å². The second-order valence-corrected chi connectivity index (χ2v) is 5.89. The molecule has 0 aromatic rings. The first-order valence-corrected chi connectivity index (χ1v) is 7.10. The Morgan fingerprint density at radius 3 is 2.56 bits per heavy atom. The van der Waals surface area contributed by atoms with Crippen LogP contribution in [0.5, 0.6) is 0 Å². The summed E-state index contributed by atoms with van der Waals surface area (Å²) in [4.78, 5) is 0. The topological polar surface area (TPSA) is 0 Å². The molecule has 0 aliphatic heterocycles. The van der Waals surface area contributed by atoms with E-state index in [1.54, 1.807) is 0 Å². The molecule has 0 aromatic heterocycles. The van der Waals surface area contributed by atoms with Gasteiger partial charge in [0.25, 0.3) is 0 Å². The summed E-state index contributed by atoms with van der Waals surface area (Å²) in [6, 6.07) is 0. The van der Waals surface area contributed by atoms with E-state index >= 15 is 0 Å². The number of hydrogen-bond donors (Lipinski definition) is 0. The minimum absolute atomic E-state index is 0.814. The van der Waals surface area contributed by atoms with Gasteiger partial charge in [0.05, 0.1) is 0 Å². The van der Waals surface area contributed by atoms with E-state index in [1.807, 2.05) is 0 Å². The molecular weight excluding hydrogens is 192 g/mol. The lowest BCUT2D eigenvalue weighted by Gasteiger charge is -2.24. The highest BCUT2D eigenvalue weighted by molar-refractivity contribution is 5.03. The third kappa shape index (κ3) is 2.99. The molecule has 0 saturated carbocycles.